The molecule has 3 heterocycles. The molecule has 1 fully saturated rings. The molecule has 0 bridgehead atoms. The average molecular weight is 395 g/mol. The fraction of sp³-hybridized carbons (Fsp3) is 0.364. The normalized spacial score (nSPS) is 19.4. The number of carbonyl (C=O) groups excluding carboxylic acids is 1. The van der Waals surface area contributed by atoms with Gasteiger partial charge in [-0.1, -0.05) is 12.2 Å². The monoisotopic (exact) mass is 395 g/mol. The summed E-state index contributed by atoms with van der Waals surface area (Å²) in [5, 5.41) is 4.69. The van der Waals surface area contributed by atoms with Gasteiger partial charge in [-0.15, -0.1) is 0 Å². The Labute approximate surface area is 170 Å². The number of aromatic nitrogens is 2. The number of ether oxygens (including phenoxy) is 3. The van der Waals surface area contributed by atoms with E-state index in [1.54, 1.807) is 19.1 Å². The number of allylic oxidation sites excluding steroid dienone is 3. The lowest BCUT2D eigenvalue weighted by Gasteiger charge is -2.25. The smallest absolute Gasteiger partial charge is 0.274 e. The van der Waals surface area contributed by atoms with E-state index in [0.717, 1.165) is 29.8 Å². The van der Waals surface area contributed by atoms with Crippen molar-refractivity contribution in [1.29, 1.82) is 0 Å². The van der Waals surface area contributed by atoms with Crippen LogP contribution in [0.25, 0.3) is 5.70 Å². The van der Waals surface area contributed by atoms with Crippen molar-refractivity contribution in [2.24, 2.45) is 0 Å². The van der Waals surface area contributed by atoms with Gasteiger partial charge in [0.1, 0.15) is 0 Å². The van der Waals surface area contributed by atoms with Crippen LogP contribution < -0.4 is 9.47 Å². The molecule has 2 aliphatic heterocycles. The molecular formula is C22H25N3O4. The third-order valence-electron chi connectivity index (χ3n) is 5.17. The Morgan fingerprint density at radius 2 is 1.90 bits per heavy atom. The maximum atomic E-state index is 12.9. The zero-order valence-corrected chi connectivity index (χ0v) is 16.8. The molecule has 1 amide bonds. The molecule has 7 heteroatoms. The molecular weight excluding hydrogens is 370 g/mol. The SMILES string of the molecule is COc1ccc(/C2=C/C=C\CCc3cc(C(=O)N4CCOCC4)nn32)cc1OC. The second-order valence-corrected chi connectivity index (χ2v) is 6.93. The van der Waals surface area contributed by atoms with Gasteiger partial charge in [0.2, 0.25) is 0 Å². The van der Waals surface area contributed by atoms with Crippen molar-refractivity contribution in [2.45, 2.75) is 12.8 Å². The summed E-state index contributed by atoms with van der Waals surface area (Å²) < 4.78 is 18.0. The molecule has 2 aromatic rings. The van der Waals surface area contributed by atoms with E-state index in [1.165, 1.54) is 0 Å². The van der Waals surface area contributed by atoms with Crippen LogP contribution in [0.15, 0.2) is 42.5 Å². The predicted octanol–water partition coefficient (Wildman–Crippen LogP) is 2.76. The van der Waals surface area contributed by atoms with Crippen LogP contribution in [0.4, 0.5) is 0 Å². The van der Waals surface area contributed by atoms with Gasteiger partial charge in [0, 0.05) is 24.3 Å². The molecule has 0 spiro atoms. The third kappa shape index (κ3) is 3.91. The van der Waals surface area contributed by atoms with Crippen molar-refractivity contribution in [2.75, 3.05) is 40.5 Å². The predicted molar refractivity (Wildman–Crippen MR) is 109 cm³/mol. The van der Waals surface area contributed by atoms with Crippen LogP contribution in [0.1, 0.15) is 28.2 Å². The van der Waals surface area contributed by atoms with Crippen LogP contribution in [-0.4, -0.2) is 61.1 Å². The Morgan fingerprint density at radius 1 is 1.10 bits per heavy atom. The Bertz CT molecular complexity index is 955. The maximum Gasteiger partial charge on any atom is 0.274 e. The van der Waals surface area contributed by atoms with Crippen molar-refractivity contribution in [3.8, 4) is 11.5 Å². The van der Waals surface area contributed by atoms with Crippen molar-refractivity contribution in [3.63, 3.8) is 0 Å². The highest BCUT2D eigenvalue weighted by molar-refractivity contribution is 5.92. The van der Waals surface area contributed by atoms with Crippen LogP contribution in [0, 0.1) is 0 Å². The minimum Gasteiger partial charge on any atom is -0.493 e. The second kappa shape index (κ2) is 8.53. The summed E-state index contributed by atoms with van der Waals surface area (Å²) >= 11 is 0. The zero-order valence-electron chi connectivity index (χ0n) is 16.8. The Kier molecular flexibility index (Phi) is 5.67. The largest absolute Gasteiger partial charge is 0.493 e. The molecule has 0 unspecified atom stereocenters. The maximum absolute atomic E-state index is 12.9. The van der Waals surface area contributed by atoms with E-state index < -0.39 is 0 Å². The standard InChI is InChI=1S/C22H25N3O4/c1-27-20-9-8-16(14-21(20)28-2)19-7-5-3-4-6-17-15-18(23-25(17)19)22(26)24-10-12-29-13-11-24/h3,5,7-9,14-15H,4,6,10-13H2,1-2H3/b5-3-,19-7-. The molecule has 29 heavy (non-hydrogen) atoms. The summed E-state index contributed by atoms with van der Waals surface area (Å²) in [5.41, 5.74) is 3.30. The van der Waals surface area contributed by atoms with Crippen molar-refractivity contribution in [1.82, 2.24) is 14.7 Å². The number of morpholine rings is 1. The summed E-state index contributed by atoms with van der Waals surface area (Å²) in [6, 6.07) is 7.68. The van der Waals surface area contributed by atoms with Gasteiger partial charge >= 0.3 is 0 Å². The van der Waals surface area contributed by atoms with E-state index >= 15 is 0 Å². The summed E-state index contributed by atoms with van der Waals surface area (Å²) in [6.45, 7) is 2.34. The van der Waals surface area contributed by atoms with Crippen LogP contribution in [0.2, 0.25) is 0 Å². The van der Waals surface area contributed by atoms with Gasteiger partial charge in [-0.3, -0.25) is 4.79 Å². The average Bonchev–Trinajstić information content (AvgIpc) is 3.16. The molecule has 1 aromatic heterocycles. The lowest BCUT2D eigenvalue weighted by molar-refractivity contribution is 0.0298. The van der Waals surface area contributed by atoms with Gasteiger partial charge in [0.25, 0.3) is 5.91 Å². The highest BCUT2D eigenvalue weighted by atomic mass is 16.5. The highest BCUT2D eigenvalue weighted by Crippen LogP contribution is 2.32. The molecule has 1 aromatic carbocycles. The van der Waals surface area contributed by atoms with Gasteiger partial charge in [-0.25, -0.2) is 4.68 Å². The number of aryl methyl sites for hydroxylation is 1. The zero-order chi connectivity index (χ0) is 20.2. The molecule has 0 N–H and O–H groups in total. The molecule has 0 aliphatic carbocycles. The number of hydrogen-bond donors (Lipinski definition) is 0. The molecule has 1 saturated heterocycles. The van der Waals surface area contributed by atoms with Crippen molar-refractivity contribution in [3.05, 3.63) is 59.4 Å². The third-order valence-corrected chi connectivity index (χ3v) is 5.17. The number of methoxy groups -OCH3 is 2. The number of benzene rings is 1. The Hall–Kier alpha value is -3.06. The topological polar surface area (TPSA) is 65.8 Å². The summed E-state index contributed by atoms with van der Waals surface area (Å²) in [5.74, 6) is 1.27. The Morgan fingerprint density at radius 3 is 2.66 bits per heavy atom. The quantitative estimate of drug-likeness (QED) is 0.797. The van der Waals surface area contributed by atoms with Crippen molar-refractivity contribution < 1.29 is 19.0 Å². The van der Waals surface area contributed by atoms with Crippen LogP contribution in [-0.2, 0) is 11.2 Å². The number of carbonyl (C=O) groups is 1. The molecule has 2 aliphatic rings. The molecule has 152 valence electrons. The summed E-state index contributed by atoms with van der Waals surface area (Å²) in [6.07, 6.45) is 7.87. The fourth-order valence-corrected chi connectivity index (χ4v) is 3.61. The number of fused-ring (bicyclic) bond motifs is 1. The Balaban J connectivity index is 1.73. The van der Waals surface area contributed by atoms with Gasteiger partial charge < -0.3 is 19.1 Å². The highest BCUT2D eigenvalue weighted by Gasteiger charge is 2.24. The van der Waals surface area contributed by atoms with E-state index in [9.17, 15) is 4.79 Å². The minimum absolute atomic E-state index is 0.0489. The lowest BCUT2D eigenvalue weighted by atomic mass is 10.1. The van der Waals surface area contributed by atoms with E-state index in [1.807, 2.05) is 41.1 Å². The van der Waals surface area contributed by atoms with E-state index in [0.29, 0.717) is 43.5 Å². The minimum atomic E-state index is -0.0489. The summed E-state index contributed by atoms with van der Waals surface area (Å²) in [4.78, 5) is 14.7. The van der Waals surface area contributed by atoms with Crippen LogP contribution in [0.3, 0.4) is 0 Å². The van der Waals surface area contributed by atoms with Crippen molar-refractivity contribution >= 4 is 11.6 Å². The molecule has 0 saturated carbocycles. The van der Waals surface area contributed by atoms with E-state index in [-0.39, 0.29) is 5.91 Å². The first-order valence-electron chi connectivity index (χ1n) is 9.77. The van der Waals surface area contributed by atoms with Gasteiger partial charge in [-0.05, 0) is 43.2 Å². The van der Waals surface area contributed by atoms with Gasteiger partial charge in [0.05, 0.1) is 33.1 Å². The molecule has 7 nitrogen and oxygen atoms in total. The molecule has 0 atom stereocenters. The number of hydrogen-bond acceptors (Lipinski definition) is 5. The molecule has 0 radical (unpaired) electrons. The molecule has 4 rings (SSSR count). The number of amides is 1. The first-order chi connectivity index (χ1) is 14.2. The number of rotatable bonds is 4. The fourth-order valence-electron chi connectivity index (χ4n) is 3.61. The first-order valence-corrected chi connectivity index (χ1v) is 9.77. The van der Waals surface area contributed by atoms with E-state index in [4.69, 9.17) is 19.3 Å². The summed E-state index contributed by atoms with van der Waals surface area (Å²) in [7, 11) is 3.23. The van der Waals surface area contributed by atoms with E-state index in [2.05, 4.69) is 6.08 Å². The van der Waals surface area contributed by atoms with Gasteiger partial charge in [-0.2, -0.15) is 5.10 Å². The second-order valence-electron chi connectivity index (χ2n) is 6.93. The van der Waals surface area contributed by atoms with Gasteiger partial charge in [0.15, 0.2) is 17.2 Å². The lowest BCUT2D eigenvalue weighted by Crippen LogP contribution is -2.40. The first kappa shape index (κ1) is 19.3. The van der Waals surface area contributed by atoms with Crippen LogP contribution in [0.5, 0.6) is 11.5 Å². The van der Waals surface area contributed by atoms with Crippen LogP contribution >= 0.6 is 0 Å². The number of nitrogens with zero attached hydrogens (tertiary/aromatic N) is 3.